The molecule has 0 radical (unpaired) electrons. The summed E-state index contributed by atoms with van der Waals surface area (Å²) in [5.41, 5.74) is 3.13. The second-order valence-corrected chi connectivity index (χ2v) is 9.24. The van der Waals surface area contributed by atoms with Gasteiger partial charge in [0.15, 0.2) is 5.16 Å². The number of fused-ring (bicyclic) bond motifs is 1. The molecule has 2 heterocycles. The first-order chi connectivity index (χ1) is 15.7. The van der Waals surface area contributed by atoms with Gasteiger partial charge in [-0.1, -0.05) is 72.4 Å². The summed E-state index contributed by atoms with van der Waals surface area (Å²) in [5.74, 6) is 0.388. The van der Waals surface area contributed by atoms with Gasteiger partial charge < -0.3 is 5.32 Å². The average Bonchev–Trinajstić information content (AvgIpc) is 3.31. The maximum Gasteiger partial charge on any atom is 0.272 e. The van der Waals surface area contributed by atoms with Gasteiger partial charge in [0, 0.05) is 19.0 Å². The van der Waals surface area contributed by atoms with Crippen LogP contribution in [0.1, 0.15) is 30.4 Å². The molecule has 0 bridgehead atoms. The number of aromatic nitrogens is 2. The minimum absolute atomic E-state index is 0.0380. The first-order valence-corrected chi connectivity index (χ1v) is 12.5. The Balaban J connectivity index is 1.38. The largest absolute Gasteiger partial charge is 0.355 e. The number of thioether (sulfide) groups is 1. The minimum atomic E-state index is -0.0582. The fourth-order valence-electron chi connectivity index (χ4n) is 3.75. The molecule has 0 saturated heterocycles. The van der Waals surface area contributed by atoms with Gasteiger partial charge in [0.2, 0.25) is 5.91 Å². The molecule has 0 aliphatic carbocycles. The molecule has 4 rings (SSSR count). The molecule has 7 heteroatoms. The van der Waals surface area contributed by atoms with Gasteiger partial charge in [0.05, 0.1) is 11.3 Å². The molecular formula is C25H25N3O2S2. The first-order valence-electron chi connectivity index (χ1n) is 10.6. The van der Waals surface area contributed by atoms with Crippen molar-refractivity contribution in [3.63, 3.8) is 0 Å². The topological polar surface area (TPSA) is 64.0 Å². The van der Waals surface area contributed by atoms with Gasteiger partial charge in [-0.3, -0.25) is 14.2 Å². The Bertz CT molecular complexity index is 1200. The van der Waals surface area contributed by atoms with Gasteiger partial charge in [-0.25, -0.2) is 4.98 Å². The third-order valence-electron chi connectivity index (χ3n) is 5.34. The monoisotopic (exact) mass is 463 g/mol. The van der Waals surface area contributed by atoms with E-state index in [-0.39, 0.29) is 23.1 Å². The molecule has 0 unspecified atom stereocenters. The van der Waals surface area contributed by atoms with Crippen LogP contribution in [0.15, 0.2) is 82.1 Å². The third-order valence-corrected chi connectivity index (χ3v) is 7.21. The lowest BCUT2D eigenvalue weighted by atomic mass is 9.88. The van der Waals surface area contributed by atoms with Crippen molar-refractivity contribution >= 4 is 39.2 Å². The van der Waals surface area contributed by atoms with Crippen molar-refractivity contribution in [3.05, 3.63) is 93.6 Å². The number of carbonyl (C=O) groups excluding carboxylic acids is 1. The lowest BCUT2D eigenvalue weighted by Gasteiger charge is -2.18. The molecule has 0 aliphatic rings. The lowest BCUT2D eigenvalue weighted by molar-refractivity contribution is -0.118. The van der Waals surface area contributed by atoms with Crippen LogP contribution in [-0.2, 0) is 11.3 Å². The van der Waals surface area contributed by atoms with E-state index >= 15 is 0 Å². The van der Waals surface area contributed by atoms with E-state index < -0.39 is 0 Å². The van der Waals surface area contributed by atoms with Gasteiger partial charge in [0.1, 0.15) is 4.70 Å². The molecule has 0 atom stereocenters. The maximum atomic E-state index is 12.6. The summed E-state index contributed by atoms with van der Waals surface area (Å²) in [6.45, 7) is 3.02. The van der Waals surface area contributed by atoms with Crippen molar-refractivity contribution < 1.29 is 4.79 Å². The normalized spacial score (nSPS) is 11.2. The highest BCUT2D eigenvalue weighted by Crippen LogP contribution is 2.27. The number of rotatable bonds is 9. The number of amides is 1. The van der Waals surface area contributed by atoms with Crippen LogP contribution in [0.25, 0.3) is 10.2 Å². The maximum absolute atomic E-state index is 12.6. The van der Waals surface area contributed by atoms with Crippen LogP contribution in [0, 0.1) is 0 Å². The third kappa shape index (κ3) is 5.11. The highest BCUT2D eigenvalue weighted by atomic mass is 32.2. The zero-order valence-electron chi connectivity index (χ0n) is 17.9. The number of hydrogen-bond acceptors (Lipinski definition) is 5. The fourth-order valence-corrected chi connectivity index (χ4v) is 5.42. The smallest absolute Gasteiger partial charge is 0.272 e. The fraction of sp³-hybridized carbons (Fsp3) is 0.240. The average molecular weight is 464 g/mol. The van der Waals surface area contributed by atoms with Crippen LogP contribution in [0.5, 0.6) is 0 Å². The highest BCUT2D eigenvalue weighted by Gasteiger charge is 2.16. The summed E-state index contributed by atoms with van der Waals surface area (Å²) in [6.07, 6.45) is 0.809. The van der Waals surface area contributed by atoms with E-state index in [1.807, 2.05) is 54.8 Å². The first kappa shape index (κ1) is 22.3. The molecule has 32 heavy (non-hydrogen) atoms. The Hall–Kier alpha value is -2.90. The molecular weight excluding hydrogens is 438 g/mol. The summed E-state index contributed by atoms with van der Waals surface area (Å²) < 4.78 is 2.30. The standard InChI is InChI=1S/C25H25N3O2S2/c1-2-28-24(30)23-21(14-16-31-23)27-25(28)32-17-22(29)26-15-13-20(18-9-5-3-6-10-18)19-11-7-4-8-12-19/h3-12,14,16,20H,2,13,15,17H2,1H3,(H,26,29). The van der Waals surface area contributed by atoms with Crippen molar-refractivity contribution in [2.45, 2.75) is 31.0 Å². The summed E-state index contributed by atoms with van der Waals surface area (Å²) in [4.78, 5) is 29.7. The Morgan fingerprint density at radius 2 is 1.72 bits per heavy atom. The van der Waals surface area contributed by atoms with Crippen molar-refractivity contribution in [2.75, 3.05) is 12.3 Å². The van der Waals surface area contributed by atoms with E-state index in [0.29, 0.717) is 28.5 Å². The van der Waals surface area contributed by atoms with Crippen LogP contribution in [0.3, 0.4) is 0 Å². The summed E-state index contributed by atoms with van der Waals surface area (Å²) in [6, 6.07) is 22.6. The second-order valence-electron chi connectivity index (χ2n) is 7.38. The van der Waals surface area contributed by atoms with Crippen LogP contribution in [0.4, 0.5) is 0 Å². The Labute approximate surface area is 195 Å². The molecule has 5 nitrogen and oxygen atoms in total. The molecule has 2 aromatic heterocycles. The van der Waals surface area contributed by atoms with E-state index in [9.17, 15) is 9.59 Å². The molecule has 0 saturated carbocycles. The zero-order chi connectivity index (χ0) is 22.3. The number of carbonyl (C=O) groups is 1. The van der Waals surface area contributed by atoms with Crippen molar-refractivity contribution in [1.29, 1.82) is 0 Å². The van der Waals surface area contributed by atoms with Crippen LogP contribution in [-0.4, -0.2) is 27.8 Å². The number of thiophene rings is 1. The van der Waals surface area contributed by atoms with E-state index in [1.165, 1.54) is 34.2 Å². The number of nitrogens with zero attached hydrogens (tertiary/aromatic N) is 2. The number of hydrogen-bond donors (Lipinski definition) is 1. The molecule has 0 fully saturated rings. The van der Waals surface area contributed by atoms with Crippen molar-refractivity contribution in [1.82, 2.24) is 14.9 Å². The molecule has 0 spiro atoms. The van der Waals surface area contributed by atoms with Crippen molar-refractivity contribution in [2.24, 2.45) is 0 Å². The Kier molecular flexibility index (Phi) is 7.39. The van der Waals surface area contributed by atoms with Crippen LogP contribution < -0.4 is 10.9 Å². The van der Waals surface area contributed by atoms with Gasteiger partial charge in [0.25, 0.3) is 5.56 Å². The Morgan fingerprint density at radius 3 is 2.34 bits per heavy atom. The van der Waals surface area contributed by atoms with E-state index in [0.717, 1.165) is 6.42 Å². The van der Waals surface area contributed by atoms with E-state index in [2.05, 4.69) is 34.6 Å². The highest BCUT2D eigenvalue weighted by molar-refractivity contribution is 7.99. The zero-order valence-corrected chi connectivity index (χ0v) is 19.5. The van der Waals surface area contributed by atoms with Crippen LogP contribution in [0.2, 0.25) is 0 Å². The molecule has 1 N–H and O–H groups in total. The predicted octanol–water partition coefficient (Wildman–Crippen LogP) is 4.91. The predicted molar refractivity (Wildman–Crippen MR) is 133 cm³/mol. The molecule has 0 aliphatic heterocycles. The summed E-state index contributed by atoms with van der Waals surface area (Å²) in [5, 5.41) is 5.49. The quantitative estimate of drug-likeness (QED) is 0.283. The van der Waals surface area contributed by atoms with Gasteiger partial charge in [-0.2, -0.15) is 0 Å². The van der Waals surface area contributed by atoms with Crippen molar-refractivity contribution in [3.8, 4) is 0 Å². The van der Waals surface area contributed by atoms with Gasteiger partial charge in [-0.15, -0.1) is 11.3 Å². The number of benzene rings is 2. The Morgan fingerprint density at radius 1 is 1.06 bits per heavy atom. The number of nitrogens with one attached hydrogen (secondary N) is 1. The summed E-state index contributed by atoms with van der Waals surface area (Å²) in [7, 11) is 0. The van der Waals surface area contributed by atoms with Crippen LogP contribution >= 0.6 is 23.1 Å². The molecule has 1 amide bonds. The van der Waals surface area contributed by atoms with Gasteiger partial charge >= 0.3 is 0 Å². The minimum Gasteiger partial charge on any atom is -0.355 e. The summed E-state index contributed by atoms with van der Waals surface area (Å²) >= 11 is 2.71. The molecule has 2 aromatic carbocycles. The molecule has 4 aromatic rings. The SMILES string of the molecule is CCn1c(SCC(=O)NCCC(c2ccccc2)c2ccccc2)nc2ccsc2c1=O. The lowest BCUT2D eigenvalue weighted by Crippen LogP contribution is -2.28. The van der Waals surface area contributed by atoms with E-state index in [1.54, 1.807) is 4.57 Å². The molecule has 164 valence electrons. The van der Waals surface area contributed by atoms with E-state index in [4.69, 9.17) is 0 Å². The second kappa shape index (κ2) is 10.6. The van der Waals surface area contributed by atoms with Gasteiger partial charge in [-0.05, 0) is 35.9 Å².